The molecule has 114 valence electrons. The smallest absolute Gasteiger partial charge is 0.258 e. The molecule has 22 heavy (non-hydrogen) atoms. The van der Waals surface area contributed by atoms with Crippen molar-refractivity contribution in [3.8, 4) is 0 Å². The first-order valence-corrected chi connectivity index (χ1v) is 8.16. The van der Waals surface area contributed by atoms with Crippen LogP contribution in [0.1, 0.15) is 17.2 Å². The Bertz CT molecular complexity index is 814. The molecule has 0 N–H and O–H groups in total. The predicted molar refractivity (Wildman–Crippen MR) is 80.9 cm³/mol. The molecule has 7 heteroatoms. The fourth-order valence-corrected chi connectivity index (χ4v) is 3.87. The summed E-state index contributed by atoms with van der Waals surface area (Å²) in [5, 5.41) is 10.6. The lowest BCUT2D eigenvalue weighted by Crippen LogP contribution is -2.12. The van der Waals surface area contributed by atoms with E-state index in [4.69, 9.17) is 0 Å². The van der Waals surface area contributed by atoms with E-state index in [1.165, 1.54) is 16.4 Å². The molecule has 1 saturated heterocycles. The monoisotopic (exact) mass is 318 g/mol. The number of hydrogen-bond acceptors (Lipinski definition) is 4. The fraction of sp³-hybridized carbons (Fsp3) is 0.200. The number of non-ortho nitro benzene ring substituents is 1. The lowest BCUT2D eigenvalue weighted by atomic mass is 10.1. The van der Waals surface area contributed by atoms with Gasteiger partial charge in [-0.25, -0.2) is 8.42 Å². The second-order valence-electron chi connectivity index (χ2n) is 5.25. The molecule has 3 rings (SSSR count). The van der Waals surface area contributed by atoms with Gasteiger partial charge in [-0.05, 0) is 24.6 Å². The number of hydrogen-bond donors (Lipinski definition) is 0. The van der Waals surface area contributed by atoms with E-state index in [0.717, 1.165) is 11.1 Å². The zero-order chi connectivity index (χ0) is 15.9. The molecule has 0 aromatic heterocycles. The van der Waals surface area contributed by atoms with E-state index < -0.39 is 14.9 Å². The molecule has 0 saturated carbocycles. The van der Waals surface area contributed by atoms with Crippen LogP contribution < -0.4 is 0 Å². The van der Waals surface area contributed by atoms with Crippen LogP contribution in [-0.4, -0.2) is 24.2 Å². The van der Waals surface area contributed by atoms with Crippen molar-refractivity contribution in [1.82, 2.24) is 4.31 Å². The topological polar surface area (TPSA) is 80.3 Å². The van der Waals surface area contributed by atoms with Gasteiger partial charge in [0.2, 0.25) is 10.0 Å². The summed E-state index contributed by atoms with van der Waals surface area (Å²) in [7, 11) is -3.51. The highest BCUT2D eigenvalue weighted by Gasteiger charge is 2.45. The first-order valence-electron chi connectivity index (χ1n) is 6.72. The summed E-state index contributed by atoms with van der Waals surface area (Å²) in [5.74, 6) is 0. The third-order valence-electron chi connectivity index (χ3n) is 3.68. The number of sulfonamides is 1. The van der Waals surface area contributed by atoms with Crippen LogP contribution in [0.15, 0.2) is 53.4 Å². The molecular formula is C15H14N2O4S. The average Bonchev–Trinajstić information content (AvgIpc) is 3.29. The molecule has 1 fully saturated rings. The summed E-state index contributed by atoms with van der Waals surface area (Å²) in [5.41, 5.74) is 1.76. The molecule has 0 bridgehead atoms. The molecule has 2 aromatic rings. The van der Waals surface area contributed by atoms with Gasteiger partial charge in [0.1, 0.15) is 0 Å². The molecule has 1 unspecified atom stereocenters. The van der Waals surface area contributed by atoms with E-state index in [1.807, 2.05) is 6.92 Å². The quantitative estimate of drug-likeness (QED) is 0.493. The molecule has 0 aliphatic carbocycles. The minimum atomic E-state index is -3.51. The first-order chi connectivity index (χ1) is 10.4. The fourth-order valence-electron chi connectivity index (χ4n) is 2.32. The Morgan fingerprint density at radius 1 is 1.09 bits per heavy atom. The second kappa shape index (κ2) is 5.19. The Morgan fingerprint density at radius 2 is 1.68 bits per heavy atom. The normalized spacial score (nSPS) is 20.6. The highest BCUT2D eigenvalue weighted by Crippen LogP contribution is 2.40. The summed E-state index contributed by atoms with van der Waals surface area (Å²) in [6.07, 6.45) is 0. The largest absolute Gasteiger partial charge is 0.269 e. The molecule has 0 radical (unpaired) electrons. The van der Waals surface area contributed by atoms with E-state index in [-0.39, 0.29) is 16.6 Å². The van der Waals surface area contributed by atoms with Crippen LogP contribution in [0.25, 0.3) is 0 Å². The molecular weight excluding hydrogens is 304 g/mol. The molecule has 1 heterocycles. The van der Waals surface area contributed by atoms with Crippen molar-refractivity contribution in [3.63, 3.8) is 0 Å². The zero-order valence-corrected chi connectivity index (χ0v) is 12.7. The lowest BCUT2D eigenvalue weighted by Gasteiger charge is -2.07. The van der Waals surface area contributed by atoms with Gasteiger partial charge in [0.25, 0.3) is 5.69 Å². The van der Waals surface area contributed by atoms with Crippen molar-refractivity contribution < 1.29 is 13.3 Å². The predicted octanol–water partition coefficient (Wildman–Crippen LogP) is 2.65. The number of aryl methyl sites for hydroxylation is 1. The van der Waals surface area contributed by atoms with Crippen LogP contribution in [0.4, 0.5) is 5.69 Å². The third-order valence-corrected chi connectivity index (χ3v) is 5.57. The molecule has 2 atom stereocenters. The van der Waals surface area contributed by atoms with E-state index >= 15 is 0 Å². The SMILES string of the molecule is Cc1ccc(S(=O)(=O)N2C[C@H]2c2ccc([N+](=O)[O-])cc2)cc1. The van der Waals surface area contributed by atoms with Crippen LogP contribution in [0.3, 0.4) is 0 Å². The Kier molecular flexibility index (Phi) is 3.46. The van der Waals surface area contributed by atoms with Crippen LogP contribution >= 0.6 is 0 Å². The Labute approximate surface area is 128 Å². The first kappa shape index (κ1) is 14.7. The molecule has 1 aliphatic heterocycles. The molecule has 0 amide bonds. The Balaban J connectivity index is 1.81. The van der Waals surface area contributed by atoms with Gasteiger partial charge in [-0.1, -0.05) is 29.8 Å². The minimum absolute atomic E-state index is 0.00246. The number of nitrogens with zero attached hydrogens (tertiary/aromatic N) is 2. The standard InChI is InChI=1S/C15H14N2O4S/c1-11-2-8-14(9-3-11)22(20,21)16-10-15(16)12-4-6-13(7-5-12)17(18)19/h2-9,15H,10H2,1H3/t15-,16?/m0/s1. The van der Waals surface area contributed by atoms with E-state index in [9.17, 15) is 18.5 Å². The Morgan fingerprint density at radius 3 is 2.23 bits per heavy atom. The van der Waals surface area contributed by atoms with Gasteiger partial charge in [-0.3, -0.25) is 10.1 Å². The van der Waals surface area contributed by atoms with Crippen molar-refractivity contribution in [2.24, 2.45) is 0 Å². The van der Waals surface area contributed by atoms with Crippen molar-refractivity contribution in [2.45, 2.75) is 17.9 Å². The number of nitro groups is 1. The van der Waals surface area contributed by atoms with Crippen molar-refractivity contribution in [2.75, 3.05) is 6.54 Å². The molecule has 2 aromatic carbocycles. The zero-order valence-electron chi connectivity index (χ0n) is 11.8. The van der Waals surface area contributed by atoms with Gasteiger partial charge >= 0.3 is 0 Å². The Hall–Kier alpha value is -2.25. The van der Waals surface area contributed by atoms with Crippen LogP contribution in [0.5, 0.6) is 0 Å². The second-order valence-corrected chi connectivity index (χ2v) is 7.14. The van der Waals surface area contributed by atoms with Gasteiger partial charge in [0, 0.05) is 18.7 Å². The van der Waals surface area contributed by atoms with E-state index in [1.54, 1.807) is 36.4 Å². The summed E-state index contributed by atoms with van der Waals surface area (Å²) < 4.78 is 26.4. The van der Waals surface area contributed by atoms with Gasteiger partial charge < -0.3 is 0 Å². The maximum absolute atomic E-state index is 12.5. The van der Waals surface area contributed by atoms with Crippen LogP contribution in [0, 0.1) is 17.0 Å². The maximum Gasteiger partial charge on any atom is 0.269 e. The highest BCUT2D eigenvalue weighted by molar-refractivity contribution is 7.89. The highest BCUT2D eigenvalue weighted by atomic mass is 32.2. The van der Waals surface area contributed by atoms with Crippen LogP contribution in [0.2, 0.25) is 0 Å². The van der Waals surface area contributed by atoms with E-state index in [2.05, 4.69) is 0 Å². The molecule has 6 nitrogen and oxygen atoms in total. The minimum Gasteiger partial charge on any atom is -0.258 e. The number of benzene rings is 2. The maximum atomic E-state index is 12.5. The van der Waals surface area contributed by atoms with Crippen molar-refractivity contribution in [1.29, 1.82) is 0 Å². The number of nitro benzene ring substituents is 1. The van der Waals surface area contributed by atoms with E-state index in [0.29, 0.717) is 6.54 Å². The van der Waals surface area contributed by atoms with Gasteiger partial charge in [-0.2, -0.15) is 4.31 Å². The summed E-state index contributed by atoms with van der Waals surface area (Å²) in [6, 6.07) is 12.5. The number of rotatable bonds is 4. The van der Waals surface area contributed by atoms with Crippen molar-refractivity contribution >= 4 is 15.7 Å². The third kappa shape index (κ3) is 2.60. The molecule has 0 spiro atoms. The summed E-state index contributed by atoms with van der Waals surface area (Å²) in [4.78, 5) is 10.4. The summed E-state index contributed by atoms with van der Waals surface area (Å²) >= 11 is 0. The summed E-state index contributed by atoms with van der Waals surface area (Å²) in [6.45, 7) is 2.29. The van der Waals surface area contributed by atoms with Crippen LogP contribution in [-0.2, 0) is 10.0 Å². The molecule has 1 aliphatic rings. The van der Waals surface area contributed by atoms with Gasteiger partial charge in [-0.15, -0.1) is 0 Å². The lowest BCUT2D eigenvalue weighted by molar-refractivity contribution is -0.384. The average molecular weight is 318 g/mol. The van der Waals surface area contributed by atoms with Crippen molar-refractivity contribution in [3.05, 3.63) is 69.8 Å². The van der Waals surface area contributed by atoms with Gasteiger partial charge in [0.05, 0.1) is 15.9 Å². The van der Waals surface area contributed by atoms with Gasteiger partial charge in [0.15, 0.2) is 0 Å².